The molecule has 1 aromatic carbocycles. The van der Waals surface area contributed by atoms with Crippen LogP contribution in [0.1, 0.15) is 26.7 Å². The predicted molar refractivity (Wildman–Crippen MR) is 102 cm³/mol. The van der Waals surface area contributed by atoms with Crippen LogP contribution in [-0.2, 0) is 24.8 Å². The lowest BCUT2D eigenvalue weighted by Crippen LogP contribution is -2.46. The number of rotatable bonds is 6. The van der Waals surface area contributed by atoms with Gasteiger partial charge in [-0.2, -0.15) is 4.31 Å². The van der Waals surface area contributed by atoms with E-state index in [1.165, 1.54) is 42.7 Å². The summed E-state index contributed by atoms with van der Waals surface area (Å²) in [6, 6.07) is 5.16. The summed E-state index contributed by atoms with van der Waals surface area (Å²) in [5.41, 5.74) is 0. The molecule has 1 fully saturated rings. The molecule has 0 bridgehead atoms. The molecule has 1 heterocycles. The second kappa shape index (κ2) is 8.26. The number of amides is 1. The van der Waals surface area contributed by atoms with E-state index in [2.05, 4.69) is 5.32 Å². The van der Waals surface area contributed by atoms with Crippen molar-refractivity contribution in [3.8, 4) is 0 Å². The second-order valence-corrected chi connectivity index (χ2v) is 11.2. The molecule has 27 heavy (non-hydrogen) atoms. The first-order chi connectivity index (χ1) is 12.5. The third-order valence-electron chi connectivity index (χ3n) is 4.43. The third-order valence-corrected chi connectivity index (χ3v) is 8.13. The Labute approximate surface area is 161 Å². The fourth-order valence-corrected chi connectivity index (χ4v) is 5.35. The van der Waals surface area contributed by atoms with Crippen molar-refractivity contribution >= 4 is 26.0 Å². The molecule has 0 spiro atoms. The minimum atomic E-state index is -3.79. The summed E-state index contributed by atoms with van der Waals surface area (Å²) < 4.78 is 52.4. The molecule has 0 aliphatic carbocycles. The number of carbonyl (C=O) groups excluding carboxylic acids is 1. The van der Waals surface area contributed by atoms with Gasteiger partial charge in [-0.3, -0.25) is 4.79 Å². The molecule has 152 valence electrons. The van der Waals surface area contributed by atoms with Crippen LogP contribution in [0.15, 0.2) is 34.1 Å². The fourth-order valence-electron chi connectivity index (χ4n) is 2.92. The van der Waals surface area contributed by atoms with Gasteiger partial charge in [-0.1, -0.05) is 0 Å². The van der Waals surface area contributed by atoms with Gasteiger partial charge < -0.3 is 5.32 Å². The molecule has 1 aliphatic rings. The standard InChI is InChI=1S/C17H27N3O5S2/c1-13(2)18-17(21)14-6-5-11-20(12-14)27(24,25)16-9-7-15(8-10-16)26(22,23)19(3)4/h7-10,13-14H,5-6,11-12H2,1-4H3,(H,18,21)/t14-/m0/s1. The van der Waals surface area contributed by atoms with Crippen LogP contribution in [0.2, 0.25) is 0 Å². The van der Waals surface area contributed by atoms with E-state index in [1.54, 1.807) is 0 Å². The van der Waals surface area contributed by atoms with E-state index < -0.39 is 20.0 Å². The van der Waals surface area contributed by atoms with Gasteiger partial charge in [0.05, 0.1) is 15.7 Å². The second-order valence-electron chi connectivity index (χ2n) is 7.12. The van der Waals surface area contributed by atoms with Crippen molar-refractivity contribution in [1.82, 2.24) is 13.9 Å². The van der Waals surface area contributed by atoms with Gasteiger partial charge in [0.25, 0.3) is 0 Å². The van der Waals surface area contributed by atoms with Crippen molar-refractivity contribution in [1.29, 1.82) is 0 Å². The molecule has 0 saturated carbocycles. The van der Waals surface area contributed by atoms with Crippen LogP contribution in [-0.4, -0.2) is 64.6 Å². The Hall–Kier alpha value is -1.49. The van der Waals surface area contributed by atoms with E-state index in [9.17, 15) is 21.6 Å². The first kappa shape index (κ1) is 21.8. The molecule has 1 atom stereocenters. The van der Waals surface area contributed by atoms with Crippen LogP contribution in [0, 0.1) is 5.92 Å². The Balaban J connectivity index is 2.21. The number of sulfonamides is 2. The van der Waals surface area contributed by atoms with E-state index in [0.717, 1.165) is 4.31 Å². The summed E-state index contributed by atoms with van der Waals surface area (Å²) >= 11 is 0. The zero-order valence-electron chi connectivity index (χ0n) is 16.0. The largest absolute Gasteiger partial charge is 0.354 e. The summed E-state index contributed by atoms with van der Waals surface area (Å²) in [6.45, 7) is 4.18. The first-order valence-corrected chi connectivity index (χ1v) is 11.7. The van der Waals surface area contributed by atoms with Crippen molar-refractivity contribution in [2.75, 3.05) is 27.2 Å². The Morgan fingerprint density at radius 1 is 1.11 bits per heavy atom. The lowest BCUT2D eigenvalue weighted by atomic mass is 9.98. The van der Waals surface area contributed by atoms with Crippen LogP contribution in [0.25, 0.3) is 0 Å². The summed E-state index contributed by atoms with van der Waals surface area (Å²) in [5, 5.41) is 2.83. The third kappa shape index (κ3) is 4.87. The number of nitrogens with zero attached hydrogens (tertiary/aromatic N) is 2. The molecule has 10 heteroatoms. The van der Waals surface area contributed by atoms with Gasteiger partial charge in [-0.05, 0) is 51.0 Å². The minimum absolute atomic E-state index is 0.00401. The number of piperidine rings is 1. The highest BCUT2D eigenvalue weighted by Crippen LogP contribution is 2.25. The van der Waals surface area contributed by atoms with Gasteiger partial charge in [-0.25, -0.2) is 21.1 Å². The molecule has 0 radical (unpaired) electrons. The van der Waals surface area contributed by atoms with Crippen LogP contribution >= 0.6 is 0 Å². The Kier molecular flexibility index (Phi) is 6.67. The van der Waals surface area contributed by atoms with Crippen molar-refractivity contribution in [2.24, 2.45) is 5.92 Å². The number of hydrogen-bond donors (Lipinski definition) is 1. The molecule has 8 nitrogen and oxygen atoms in total. The van der Waals surface area contributed by atoms with E-state index in [0.29, 0.717) is 19.4 Å². The quantitative estimate of drug-likeness (QED) is 0.739. The highest BCUT2D eigenvalue weighted by molar-refractivity contribution is 7.89. The van der Waals surface area contributed by atoms with Crippen LogP contribution in [0.3, 0.4) is 0 Å². The molecule has 1 aromatic rings. The number of nitrogens with one attached hydrogen (secondary N) is 1. The average molecular weight is 418 g/mol. The first-order valence-electron chi connectivity index (χ1n) is 8.79. The molecule has 1 aliphatic heterocycles. The maximum atomic E-state index is 12.9. The monoisotopic (exact) mass is 417 g/mol. The normalized spacial score (nSPS) is 19.4. The SMILES string of the molecule is CC(C)NC(=O)[C@H]1CCCN(S(=O)(=O)c2ccc(S(=O)(=O)N(C)C)cc2)C1. The Bertz CT molecular complexity index is 878. The van der Waals surface area contributed by atoms with Crippen LogP contribution in [0.4, 0.5) is 0 Å². The smallest absolute Gasteiger partial charge is 0.243 e. The van der Waals surface area contributed by atoms with Crippen LogP contribution < -0.4 is 5.32 Å². The number of benzene rings is 1. The van der Waals surface area contributed by atoms with Gasteiger partial charge in [0.2, 0.25) is 26.0 Å². The molecule has 1 amide bonds. The zero-order valence-corrected chi connectivity index (χ0v) is 17.7. The van der Waals surface area contributed by atoms with Gasteiger partial charge >= 0.3 is 0 Å². The van der Waals surface area contributed by atoms with E-state index in [-0.39, 0.29) is 34.2 Å². The van der Waals surface area contributed by atoms with Gasteiger partial charge in [0, 0.05) is 33.2 Å². The Morgan fingerprint density at radius 2 is 1.67 bits per heavy atom. The van der Waals surface area contributed by atoms with E-state index >= 15 is 0 Å². The maximum Gasteiger partial charge on any atom is 0.243 e. The molecular weight excluding hydrogens is 390 g/mol. The molecule has 2 rings (SSSR count). The minimum Gasteiger partial charge on any atom is -0.354 e. The van der Waals surface area contributed by atoms with Crippen molar-refractivity contribution in [3.05, 3.63) is 24.3 Å². The van der Waals surface area contributed by atoms with E-state index in [1.807, 2.05) is 13.8 Å². The molecule has 1 N–H and O–H groups in total. The lowest BCUT2D eigenvalue weighted by molar-refractivity contribution is -0.126. The van der Waals surface area contributed by atoms with E-state index in [4.69, 9.17) is 0 Å². The zero-order chi connectivity index (χ0) is 20.4. The summed E-state index contributed by atoms with van der Waals surface area (Å²) in [7, 11) is -4.59. The summed E-state index contributed by atoms with van der Waals surface area (Å²) in [6.07, 6.45) is 1.24. The van der Waals surface area contributed by atoms with Crippen molar-refractivity contribution in [2.45, 2.75) is 42.5 Å². The highest BCUT2D eigenvalue weighted by atomic mass is 32.2. The van der Waals surface area contributed by atoms with Gasteiger partial charge in [0.15, 0.2) is 0 Å². The molecule has 0 aromatic heterocycles. The average Bonchev–Trinajstić information content (AvgIpc) is 2.61. The number of hydrogen-bond acceptors (Lipinski definition) is 5. The van der Waals surface area contributed by atoms with Gasteiger partial charge in [0.1, 0.15) is 0 Å². The topological polar surface area (TPSA) is 104 Å². The van der Waals surface area contributed by atoms with Crippen molar-refractivity contribution in [3.63, 3.8) is 0 Å². The highest BCUT2D eigenvalue weighted by Gasteiger charge is 2.33. The van der Waals surface area contributed by atoms with Gasteiger partial charge in [-0.15, -0.1) is 0 Å². The molecular formula is C17H27N3O5S2. The Morgan fingerprint density at radius 3 is 2.19 bits per heavy atom. The van der Waals surface area contributed by atoms with Crippen molar-refractivity contribution < 1.29 is 21.6 Å². The summed E-state index contributed by atoms with van der Waals surface area (Å²) in [4.78, 5) is 12.3. The predicted octanol–water partition coefficient (Wildman–Crippen LogP) is 0.862. The maximum absolute atomic E-state index is 12.9. The molecule has 0 unspecified atom stereocenters. The number of carbonyl (C=O) groups is 1. The van der Waals surface area contributed by atoms with Crippen LogP contribution in [0.5, 0.6) is 0 Å². The summed E-state index contributed by atoms with van der Waals surface area (Å²) in [5.74, 6) is -0.526. The molecule has 1 saturated heterocycles. The lowest BCUT2D eigenvalue weighted by Gasteiger charge is -2.31. The fraction of sp³-hybridized carbons (Fsp3) is 0.588.